The third-order valence-electron chi connectivity index (χ3n) is 2.86. The molecule has 0 saturated carbocycles. The van der Waals surface area contributed by atoms with Crippen molar-refractivity contribution in [2.75, 3.05) is 13.2 Å². The number of nitrogens with two attached hydrogens (primary N) is 1. The smallest absolute Gasteiger partial charge is 0.488 e. The molecule has 0 saturated heterocycles. The lowest BCUT2D eigenvalue weighted by atomic mass is 10.1. The van der Waals surface area contributed by atoms with Gasteiger partial charge in [0.1, 0.15) is 18.1 Å². The quantitative estimate of drug-likeness (QED) is 0.739. The summed E-state index contributed by atoms with van der Waals surface area (Å²) in [5, 5.41) is 3.96. The molecule has 1 aromatic carbocycles. The molecule has 2 rings (SSSR count). The van der Waals surface area contributed by atoms with E-state index in [1.807, 2.05) is 0 Å². The van der Waals surface area contributed by atoms with E-state index >= 15 is 0 Å². The van der Waals surface area contributed by atoms with Crippen LogP contribution in [0.4, 0.5) is 22.0 Å². The van der Waals surface area contributed by atoms with Crippen LogP contribution < -0.4 is 15.2 Å². The number of alkyl halides is 5. The predicted molar refractivity (Wildman–Crippen MR) is 82.1 cm³/mol. The van der Waals surface area contributed by atoms with Crippen molar-refractivity contribution >= 4 is 12.4 Å². The Morgan fingerprint density at radius 3 is 2.56 bits per heavy atom. The molecule has 140 valence electrons. The fourth-order valence-corrected chi connectivity index (χ4v) is 1.95. The molecule has 0 radical (unpaired) electrons. The zero-order valence-corrected chi connectivity index (χ0v) is 13.5. The summed E-state index contributed by atoms with van der Waals surface area (Å²) in [4.78, 5) is 0. The minimum Gasteiger partial charge on any atom is -0.488 e. The van der Waals surface area contributed by atoms with E-state index in [1.165, 1.54) is 23.1 Å². The van der Waals surface area contributed by atoms with Crippen LogP contribution in [0, 0.1) is 0 Å². The van der Waals surface area contributed by atoms with Gasteiger partial charge >= 0.3 is 6.36 Å². The van der Waals surface area contributed by atoms with Crippen LogP contribution in [-0.2, 0) is 6.54 Å². The second-order valence-electron chi connectivity index (χ2n) is 4.69. The number of hydrogen-bond donors (Lipinski definition) is 1. The Labute approximate surface area is 145 Å². The van der Waals surface area contributed by atoms with E-state index in [1.54, 1.807) is 0 Å². The number of halogens is 6. The van der Waals surface area contributed by atoms with Crippen molar-refractivity contribution < 1.29 is 31.4 Å². The summed E-state index contributed by atoms with van der Waals surface area (Å²) in [5.74, 6) is -0.495. The molecule has 0 fully saturated rings. The van der Waals surface area contributed by atoms with Crippen LogP contribution >= 0.6 is 12.4 Å². The van der Waals surface area contributed by atoms with E-state index in [0.717, 1.165) is 12.1 Å². The molecule has 11 heteroatoms. The second-order valence-corrected chi connectivity index (χ2v) is 4.69. The van der Waals surface area contributed by atoms with Gasteiger partial charge in [-0.3, -0.25) is 4.68 Å². The van der Waals surface area contributed by atoms with Crippen LogP contribution in [0.25, 0.3) is 11.1 Å². The van der Waals surface area contributed by atoms with Gasteiger partial charge in [-0.1, -0.05) is 0 Å². The van der Waals surface area contributed by atoms with Gasteiger partial charge in [-0.15, -0.1) is 25.6 Å². The number of benzene rings is 1. The minimum absolute atomic E-state index is 0. The van der Waals surface area contributed by atoms with E-state index in [4.69, 9.17) is 10.5 Å². The molecule has 2 N–H and O–H groups in total. The van der Waals surface area contributed by atoms with Crippen LogP contribution in [-0.4, -0.2) is 35.7 Å². The Hall–Kier alpha value is -2.07. The Morgan fingerprint density at radius 1 is 1.24 bits per heavy atom. The molecule has 2 aromatic rings. The van der Waals surface area contributed by atoms with Gasteiger partial charge in [0.25, 0.3) is 6.43 Å². The molecule has 0 spiro atoms. The Bertz CT molecular complexity index is 679. The SMILES string of the molecule is Cl.NCCn1cc(-c2cc(OCC(F)F)ccc2OC(F)(F)F)cn1. The first kappa shape index (κ1) is 21.0. The molecule has 5 nitrogen and oxygen atoms in total. The lowest BCUT2D eigenvalue weighted by Gasteiger charge is -2.14. The molecule has 0 unspecified atom stereocenters. The molecular formula is C14H15ClF5N3O2. The van der Waals surface area contributed by atoms with Crippen molar-refractivity contribution in [2.45, 2.75) is 19.3 Å². The Balaban J connectivity index is 0.00000312. The molecular weight excluding hydrogens is 373 g/mol. The molecule has 1 aromatic heterocycles. The normalized spacial score (nSPS) is 11.3. The van der Waals surface area contributed by atoms with Crippen molar-refractivity contribution in [2.24, 2.45) is 5.73 Å². The number of ether oxygens (including phenoxy) is 2. The van der Waals surface area contributed by atoms with Gasteiger partial charge in [0.2, 0.25) is 0 Å². The first-order chi connectivity index (χ1) is 11.3. The zero-order valence-electron chi connectivity index (χ0n) is 12.7. The maximum atomic E-state index is 12.5. The molecule has 0 aliphatic carbocycles. The summed E-state index contributed by atoms with van der Waals surface area (Å²) < 4.78 is 72.3. The standard InChI is InChI=1S/C14H14F5N3O2.ClH/c15-13(16)8-23-10-1-2-12(24-14(17,18)19)11(5-10)9-6-21-22(7-9)4-3-20;/h1-2,5-7,13H,3-4,8,20H2;1H. The number of hydrogen-bond acceptors (Lipinski definition) is 4. The van der Waals surface area contributed by atoms with Gasteiger partial charge in [-0.2, -0.15) is 5.10 Å². The van der Waals surface area contributed by atoms with E-state index in [-0.39, 0.29) is 23.7 Å². The van der Waals surface area contributed by atoms with Gasteiger partial charge < -0.3 is 15.2 Å². The Morgan fingerprint density at radius 2 is 1.96 bits per heavy atom. The van der Waals surface area contributed by atoms with E-state index in [9.17, 15) is 22.0 Å². The van der Waals surface area contributed by atoms with E-state index < -0.39 is 25.1 Å². The summed E-state index contributed by atoms with van der Waals surface area (Å²) in [5.41, 5.74) is 5.71. The molecule has 0 aliphatic rings. The average Bonchev–Trinajstić information content (AvgIpc) is 2.93. The maximum Gasteiger partial charge on any atom is 0.573 e. The second kappa shape index (κ2) is 8.86. The first-order valence-electron chi connectivity index (χ1n) is 6.82. The number of rotatable bonds is 7. The van der Waals surface area contributed by atoms with Crippen molar-refractivity contribution in [1.82, 2.24) is 9.78 Å². The lowest BCUT2D eigenvalue weighted by molar-refractivity contribution is -0.274. The van der Waals surface area contributed by atoms with Gasteiger partial charge in [0.05, 0.1) is 12.7 Å². The van der Waals surface area contributed by atoms with Gasteiger partial charge in [-0.05, 0) is 18.2 Å². The summed E-state index contributed by atoms with van der Waals surface area (Å²) >= 11 is 0. The van der Waals surface area contributed by atoms with Crippen molar-refractivity contribution in [1.29, 1.82) is 0 Å². The zero-order chi connectivity index (χ0) is 17.7. The molecule has 1 heterocycles. The fourth-order valence-electron chi connectivity index (χ4n) is 1.95. The highest BCUT2D eigenvalue weighted by Gasteiger charge is 2.32. The van der Waals surface area contributed by atoms with Crippen LogP contribution in [0.1, 0.15) is 0 Å². The molecule has 25 heavy (non-hydrogen) atoms. The summed E-state index contributed by atoms with van der Waals surface area (Å²) in [6.45, 7) is -0.201. The van der Waals surface area contributed by atoms with Crippen LogP contribution in [0.15, 0.2) is 30.6 Å². The Kier molecular flexibility index (Phi) is 7.43. The van der Waals surface area contributed by atoms with E-state index in [2.05, 4.69) is 9.84 Å². The summed E-state index contributed by atoms with van der Waals surface area (Å²) in [6.07, 6.45) is -4.80. The molecule has 0 bridgehead atoms. The van der Waals surface area contributed by atoms with Crippen LogP contribution in [0.3, 0.4) is 0 Å². The van der Waals surface area contributed by atoms with Crippen molar-refractivity contribution in [3.05, 3.63) is 30.6 Å². The highest BCUT2D eigenvalue weighted by Crippen LogP contribution is 2.36. The predicted octanol–water partition coefficient (Wildman–Crippen LogP) is 3.47. The number of aromatic nitrogens is 2. The molecule has 0 aliphatic heterocycles. The largest absolute Gasteiger partial charge is 0.573 e. The average molecular weight is 388 g/mol. The highest BCUT2D eigenvalue weighted by atomic mass is 35.5. The first-order valence-corrected chi connectivity index (χ1v) is 6.82. The molecule has 0 atom stereocenters. The lowest BCUT2D eigenvalue weighted by Crippen LogP contribution is -2.17. The molecule has 0 amide bonds. The monoisotopic (exact) mass is 387 g/mol. The maximum absolute atomic E-state index is 12.5. The highest BCUT2D eigenvalue weighted by molar-refractivity contribution is 5.85. The summed E-state index contributed by atoms with van der Waals surface area (Å²) in [6, 6.07) is 3.31. The van der Waals surface area contributed by atoms with Crippen molar-refractivity contribution in [3.63, 3.8) is 0 Å². The third kappa shape index (κ3) is 6.39. The summed E-state index contributed by atoms with van der Waals surface area (Å²) in [7, 11) is 0. The van der Waals surface area contributed by atoms with Gasteiger partial charge in [-0.25, -0.2) is 8.78 Å². The van der Waals surface area contributed by atoms with E-state index in [0.29, 0.717) is 18.7 Å². The third-order valence-corrected chi connectivity index (χ3v) is 2.86. The van der Waals surface area contributed by atoms with Crippen LogP contribution in [0.5, 0.6) is 11.5 Å². The minimum atomic E-state index is -4.90. The number of nitrogens with zero attached hydrogens (tertiary/aromatic N) is 2. The van der Waals surface area contributed by atoms with Crippen molar-refractivity contribution in [3.8, 4) is 22.6 Å². The topological polar surface area (TPSA) is 62.3 Å². The van der Waals surface area contributed by atoms with Crippen LogP contribution in [0.2, 0.25) is 0 Å². The van der Waals surface area contributed by atoms with Gasteiger partial charge in [0, 0.05) is 23.9 Å². The van der Waals surface area contributed by atoms with Gasteiger partial charge in [0.15, 0.2) is 0 Å². The fraction of sp³-hybridized carbons (Fsp3) is 0.357.